The molecule has 3 N–H and O–H groups in total. The van der Waals surface area contributed by atoms with Gasteiger partial charge in [0.1, 0.15) is 5.75 Å². The lowest BCUT2D eigenvalue weighted by atomic mass is 9.89. The first kappa shape index (κ1) is 9.96. The first-order valence-electron chi connectivity index (χ1n) is 4.50. The van der Waals surface area contributed by atoms with E-state index in [4.69, 9.17) is 0 Å². The van der Waals surface area contributed by atoms with Gasteiger partial charge in [0.15, 0.2) is 0 Å². The van der Waals surface area contributed by atoms with E-state index in [9.17, 15) is 10.2 Å². The predicted molar refractivity (Wildman–Crippen MR) is 57.3 cm³/mol. The van der Waals surface area contributed by atoms with Gasteiger partial charge in [0, 0.05) is 24.0 Å². The molecule has 0 unspecified atom stereocenters. The van der Waals surface area contributed by atoms with Crippen LogP contribution in [-0.2, 0) is 6.42 Å². The highest BCUT2D eigenvalue weighted by Gasteiger charge is 2.34. The van der Waals surface area contributed by atoms with E-state index in [2.05, 4.69) is 21.2 Å². The Labute approximate surface area is 90.9 Å². The number of aliphatic hydroxyl groups is 1. The number of aromatic hydroxyl groups is 1. The van der Waals surface area contributed by atoms with Crippen LogP contribution in [0.4, 0.5) is 0 Å². The van der Waals surface area contributed by atoms with E-state index in [0.29, 0.717) is 19.5 Å². The van der Waals surface area contributed by atoms with E-state index < -0.39 is 5.60 Å². The fraction of sp³-hybridized carbons (Fsp3) is 0.400. The molecule has 0 saturated carbocycles. The summed E-state index contributed by atoms with van der Waals surface area (Å²) in [6.07, 6.45) is 0.499. The molecule has 0 aliphatic carbocycles. The minimum absolute atomic E-state index is 0.236. The van der Waals surface area contributed by atoms with E-state index in [1.54, 1.807) is 6.07 Å². The van der Waals surface area contributed by atoms with Gasteiger partial charge >= 0.3 is 0 Å². The summed E-state index contributed by atoms with van der Waals surface area (Å²) in [7, 11) is 0. The zero-order valence-corrected chi connectivity index (χ0v) is 9.21. The van der Waals surface area contributed by atoms with E-state index in [0.717, 1.165) is 10.0 Å². The number of benzene rings is 1. The van der Waals surface area contributed by atoms with E-state index in [1.165, 1.54) is 0 Å². The molecule has 1 saturated heterocycles. The van der Waals surface area contributed by atoms with Gasteiger partial charge in [0.25, 0.3) is 0 Å². The van der Waals surface area contributed by atoms with Crippen LogP contribution in [-0.4, -0.2) is 28.9 Å². The largest absolute Gasteiger partial charge is 0.508 e. The fourth-order valence-corrected chi connectivity index (χ4v) is 1.93. The van der Waals surface area contributed by atoms with Gasteiger partial charge in [0.05, 0.1) is 5.60 Å². The summed E-state index contributed by atoms with van der Waals surface area (Å²) >= 11 is 3.27. The molecule has 76 valence electrons. The van der Waals surface area contributed by atoms with Gasteiger partial charge in [-0.1, -0.05) is 22.0 Å². The maximum atomic E-state index is 9.87. The molecule has 1 aliphatic rings. The Kier molecular flexibility index (Phi) is 2.51. The molecular weight excluding hydrogens is 246 g/mol. The number of phenolic OH excluding ortho intramolecular Hbond substituents is 1. The lowest BCUT2D eigenvalue weighted by Crippen LogP contribution is -2.60. The molecule has 0 bridgehead atoms. The normalized spacial score (nSPS) is 19.0. The minimum atomic E-state index is -0.675. The third kappa shape index (κ3) is 1.92. The average molecular weight is 258 g/mol. The number of halogens is 1. The molecule has 0 radical (unpaired) electrons. The number of nitrogens with one attached hydrogen (secondary N) is 1. The Morgan fingerprint density at radius 3 is 2.64 bits per heavy atom. The molecule has 1 aromatic rings. The van der Waals surface area contributed by atoms with Crippen molar-refractivity contribution in [1.82, 2.24) is 5.32 Å². The monoisotopic (exact) mass is 257 g/mol. The van der Waals surface area contributed by atoms with E-state index in [1.807, 2.05) is 12.1 Å². The smallest absolute Gasteiger partial charge is 0.120 e. The van der Waals surface area contributed by atoms with Gasteiger partial charge in [-0.15, -0.1) is 0 Å². The Bertz CT molecular complexity index is 350. The number of phenols is 1. The van der Waals surface area contributed by atoms with Crippen molar-refractivity contribution >= 4 is 15.9 Å². The molecule has 3 nitrogen and oxygen atoms in total. The zero-order chi connectivity index (χ0) is 10.2. The second kappa shape index (κ2) is 3.53. The van der Waals surface area contributed by atoms with Crippen LogP contribution in [0.25, 0.3) is 0 Å². The van der Waals surface area contributed by atoms with Crippen LogP contribution >= 0.6 is 15.9 Å². The van der Waals surface area contributed by atoms with Crippen molar-refractivity contribution in [1.29, 1.82) is 0 Å². The van der Waals surface area contributed by atoms with Crippen LogP contribution in [0.5, 0.6) is 5.75 Å². The maximum Gasteiger partial charge on any atom is 0.120 e. The maximum absolute atomic E-state index is 9.87. The average Bonchev–Trinajstić information content (AvgIpc) is 2.07. The van der Waals surface area contributed by atoms with Gasteiger partial charge < -0.3 is 15.5 Å². The van der Waals surface area contributed by atoms with Crippen molar-refractivity contribution in [3.8, 4) is 5.75 Å². The SMILES string of the molecule is Oc1cc(Br)ccc1CC1(O)CNC1. The van der Waals surface area contributed by atoms with Crippen LogP contribution in [0.3, 0.4) is 0 Å². The summed E-state index contributed by atoms with van der Waals surface area (Å²) in [5.74, 6) is 0.236. The second-order valence-corrected chi connectivity index (χ2v) is 4.69. The number of β-amino-alcohol motifs (C(OH)–C–C–N with tert-alkyl or cyclic N) is 1. The molecule has 1 fully saturated rings. The lowest BCUT2D eigenvalue weighted by molar-refractivity contribution is -0.00944. The Balaban J connectivity index is 2.16. The van der Waals surface area contributed by atoms with Gasteiger partial charge in [-0.25, -0.2) is 0 Å². The Morgan fingerprint density at radius 1 is 1.43 bits per heavy atom. The summed E-state index contributed by atoms with van der Waals surface area (Å²) in [6, 6.07) is 5.34. The van der Waals surface area contributed by atoms with Crippen molar-refractivity contribution in [2.45, 2.75) is 12.0 Å². The van der Waals surface area contributed by atoms with Crippen LogP contribution in [0.1, 0.15) is 5.56 Å². The minimum Gasteiger partial charge on any atom is -0.508 e. The zero-order valence-electron chi connectivity index (χ0n) is 7.63. The van der Waals surface area contributed by atoms with Crippen LogP contribution in [0, 0.1) is 0 Å². The molecule has 0 amide bonds. The van der Waals surface area contributed by atoms with Crippen molar-refractivity contribution in [3.05, 3.63) is 28.2 Å². The standard InChI is InChI=1S/C10H12BrNO2/c11-8-2-1-7(9(13)3-8)4-10(14)5-12-6-10/h1-3,12-14H,4-6H2. The van der Waals surface area contributed by atoms with E-state index >= 15 is 0 Å². The highest BCUT2D eigenvalue weighted by Crippen LogP contribution is 2.27. The highest BCUT2D eigenvalue weighted by molar-refractivity contribution is 9.10. The van der Waals surface area contributed by atoms with Crippen LogP contribution in [0.2, 0.25) is 0 Å². The van der Waals surface area contributed by atoms with Gasteiger partial charge in [0.2, 0.25) is 0 Å². The number of hydrogen-bond donors (Lipinski definition) is 3. The topological polar surface area (TPSA) is 52.5 Å². The quantitative estimate of drug-likeness (QED) is 0.742. The van der Waals surface area contributed by atoms with Crippen LogP contribution in [0.15, 0.2) is 22.7 Å². The molecule has 1 aliphatic heterocycles. The fourth-order valence-electron chi connectivity index (χ4n) is 1.58. The third-order valence-corrected chi connectivity index (χ3v) is 2.97. The van der Waals surface area contributed by atoms with E-state index in [-0.39, 0.29) is 5.75 Å². The molecule has 2 rings (SSSR count). The first-order chi connectivity index (χ1) is 6.59. The summed E-state index contributed by atoms with van der Waals surface area (Å²) in [5, 5.41) is 22.5. The molecule has 0 atom stereocenters. The van der Waals surface area contributed by atoms with Crippen molar-refractivity contribution in [2.75, 3.05) is 13.1 Å². The number of hydrogen-bond acceptors (Lipinski definition) is 3. The summed E-state index contributed by atoms with van der Waals surface area (Å²) in [4.78, 5) is 0. The molecule has 0 aromatic heterocycles. The predicted octanol–water partition coefficient (Wildman–Crippen LogP) is 1.03. The molecular formula is C10H12BrNO2. The summed E-state index contributed by atoms with van der Waals surface area (Å²) in [6.45, 7) is 1.20. The molecule has 1 aromatic carbocycles. The highest BCUT2D eigenvalue weighted by atomic mass is 79.9. The van der Waals surface area contributed by atoms with Gasteiger partial charge in [-0.3, -0.25) is 0 Å². The Hall–Kier alpha value is -0.580. The van der Waals surface area contributed by atoms with Crippen molar-refractivity contribution in [2.24, 2.45) is 0 Å². The van der Waals surface area contributed by atoms with Crippen molar-refractivity contribution < 1.29 is 10.2 Å². The lowest BCUT2D eigenvalue weighted by Gasteiger charge is -2.37. The number of rotatable bonds is 2. The molecule has 1 heterocycles. The molecule has 14 heavy (non-hydrogen) atoms. The third-order valence-electron chi connectivity index (χ3n) is 2.47. The first-order valence-corrected chi connectivity index (χ1v) is 5.29. The summed E-state index contributed by atoms with van der Waals surface area (Å²) in [5.41, 5.74) is 0.114. The Morgan fingerprint density at radius 2 is 2.14 bits per heavy atom. The van der Waals surface area contributed by atoms with Crippen LogP contribution < -0.4 is 5.32 Å². The van der Waals surface area contributed by atoms with Gasteiger partial charge in [-0.2, -0.15) is 0 Å². The molecule has 0 spiro atoms. The summed E-state index contributed by atoms with van der Waals surface area (Å²) < 4.78 is 0.845. The van der Waals surface area contributed by atoms with Crippen molar-refractivity contribution in [3.63, 3.8) is 0 Å². The second-order valence-electron chi connectivity index (χ2n) is 3.78. The van der Waals surface area contributed by atoms with Gasteiger partial charge in [-0.05, 0) is 17.7 Å². The molecule has 4 heteroatoms.